The number of carboxylic acid groups (broad SMARTS) is 1. The van der Waals surface area contributed by atoms with Gasteiger partial charge < -0.3 is 25.2 Å². The second kappa shape index (κ2) is 5.74. The van der Waals surface area contributed by atoms with E-state index in [2.05, 4.69) is 14.5 Å². The molecule has 1 aromatic heterocycles. The van der Waals surface area contributed by atoms with Crippen LogP contribution in [0.1, 0.15) is 18.5 Å². The van der Waals surface area contributed by atoms with Crippen LogP contribution in [0.4, 0.5) is 16.2 Å². The van der Waals surface area contributed by atoms with Gasteiger partial charge in [-0.3, -0.25) is 0 Å². The molecule has 4 rings (SSSR count). The topological polar surface area (TPSA) is 87.6 Å². The highest BCUT2D eigenvalue weighted by atomic mass is 16.4. The molecule has 24 heavy (non-hydrogen) atoms. The van der Waals surface area contributed by atoms with Crippen LogP contribution in [0.25, 0.3) is 11.4 Å². The summed E-state index contributed by atoms with van der Waals surface area (Å²) >= 11 is 0. The van der Waals surface area contributed by atoms with Crippen molar-refractivity contribution >= 4 is 17.5 Å². The number of hydrogen-bond acceptors (Lipinski definition) is 4. The molecule has 7 nitrogen and oxygen atoms in total. The first-order chi connectivity index (χ1) is 11.6. The third kappa shape index (κ3) is 2.46. The van der Waals surface area contributed by atoms with Crippen molar-refractivity contribution in [2.45, 2.75) is 25.9 Å². The normalized spacial score (nSPS) is 17.2. The van der Waals surface area contributed by atoms with Crippen LogP contribution >= 0.6 is 0 Å². The third-order valence-electron chi connectivity index (χ3n) is 4.86. The number of fused-ring (bicyclic) bond motifs is 1. The Morgan fingerprint density at radius 2 is 1.96 bits per heavy atom. The lowest BCUT2D eigenvalue weighted by molar-refractivity contribution is 0.133. The fourth-order valence-electron chi connectivity index (χ4n) is 3.62. The van der Waals surface area contributed by atoms with Crippen LogP contribution < -0.4 is 10.6 Å². The Bertz CT molecular complexity index is 779. The number of benzene rings is 1. The van der Waals surface area contributed by atoms with Gasteiger partial charge in [0, 0.05) is 43.1 Å². The molecule has 1 aromatic carbocycles. The quantitative estimate of drug-likeness (QED) is 0.826. The third-order valence-corrected chi connectivity index (χ3v) is 4.86. The zero-order valence-corrected chi connectivity index (χ0v) is 13.5. The molecule has 1 saturated heterocycles. The summed E-state index contributed by atoms with van der Waals surface area (Å²) in [5, 5.41) is 9.18. The lowest BCUT2D eigenvalue weighted by Gasteiger charge is -2.27. The van der Waals surface area contributed by atoms with Crippen LogP contribution in [0.15, 0.2) is 24.4 Å². The summed E-state index contributed by atoms with van der Waals surface area (Å²) in [5.41, 5.74) is 9.89. The highest BCUT2D eigenvalue weighted by Gasteiger charge is 2.25. The first-order valence-electron chi connectivity index (χ1n) is 8.30. The maximum Gasteiger partial charge on any atom is 0.407 e. The minimum atomic E-state index is -0.880. The highest BCUT2D eigenvalue weighted by Crippen LogP contribution is 2.35. The Labute approximate surface area is 140 Å². The van der Waals surface area contributed by atoms with E-state index < -0.39 is 6.09 Å². The van der Waals surface area contributed by atoms with E-state index in [9.17, 15) is 9.90 Å². The van der Waals surface area contributed by atoms with E-state index in [1.165, 1.54) is 17.7 Å². The summed E-state index contributed by atoms with van der Waals surface area (Å²) in [6, 6.07) is 5.96. The van der Waals surface area contributed by atoms with Gasteiger partial charge in [-0.15, -0.1) is 0 Å². The summed E-state index contributed by atoms with van der Waals surface area (Å²) < 4.78 is 2.13. The van der Waals surface area contributed by atoms with Gasteiger partial charge in [0.15, 0.2) is 0 Å². The molecule has 2 aliphatic heterocycles. The van der Waals surface area contributed by atoms with Crippen molar-refractivity contribution in [3.8, 4) is 11.4 Å². The summed E-state index contributed by atoms with van der Waals surface area (Å²) in [7, 11) is 0. The van der Waals surface area contributed by atoms with Crippen LogP contribution in [0.3, 0.4) is 0 Å². The zero-order chi connectivity index (χ0) is 16.7. The minimum absolute atomic E-state index is 0.385. The molecule has 2 aromatic rings. The molecule has 0 bridgehead atoms. The Morgan fingerprint density at radius 3 is 2.71 bits per heavy atom. The van der Waals surface area contributed by atoms with Crippen molar-refractivity contribution in [2.24, 2.45) is 0 Å². The van der Waals surface area contributed by atoms with Gasteiger partial charge >= 0.3 is 6.09 Å². The lowest BCUT2D eigenvalue weighted by atomic mass is 10.1. The van der Waals surface area contributed by atoms with E-state index in [-0.39, 0.29) is 0 Å². The fraction of sp³-hybridized carbons (Fsp3) is 0.412. The first-order valence-corrected chi connectivity index (χ1v) is 8.30. The molecule has 0 unspecified atom stereocenters. The monoisotopic (exact) mass is 327 g/mol. The van der Waals surface area contributed by atoms with E-state index >= 15 is 0 Å². The van der Waals surface area contributed by atoms with Crippen molar-refractivity contribution in [1.82, 2.24) is 14.5 Å². The standard InChI is InChI=1S/C17H21N5O2/c18-12-3-4-14(15(9-12)20-5-1-2-6-20)16-19-10-13-11-21(17(23)24)7-8-22(13)16/h3-4,9-10H,1-2,5-8,11,18H2,(H,23,24). The van der Waals surface area contributed by atoms with Crippen molar-refractivity contribution in [3.63, 3.8) is 0 Å². The number of rotatable bonds is 2. The smallest absolute Gasteiger partial charge is 0.407 e. The molecule has 1 fully saturated rings. The second-order valence-corrected chi connectivity index (χ2v) is 6.40. The summed E-state index contributed by atoms with van der Waals surface area (Å²) in [6.45, 7) is 3.57. The van der Waals surface area contributed by atoms with Gasteiger partial charge in [0.2, 0.25) is 0 Å². The molecule has 0 spiro atoms. The maximum absolute atomic E-state index is 11.2. The number of hydrogen-bond donors (Lipinski definition) is 2. The number of nitrogens with zero attached hydrogens (tertiary/aromatic N) is 4. The first kappa shape index (κ1) is 14.9. The van der Waals surface area contributed by atoms with E-state index in [1.54, 1.807) is 6.20 Å². The Morgan fingerprint density at radius 1 is 1.17 bits per heavy atom. The van der Waals surface area contributed by atoms with Crippen molar-refractivity contribution in [3.05, 3.63) is 30.1 Å². The zero-order valence-electron chi connectivity index (χ0n) is 13.5. The molecule has 3 N–H and O–H groups in total. The Hall–Kier alpha value is -2.70. The number of nitrogen functional groups attached to an aromatic ring is 1. The van der Waals surface area contributed by atoms with Crippen molar-refractivity contribution in [2.75, 3.05) is 30.3 Å². The number of imidazole rings is 1. The van der Waals surface area contributed by atoms with Gasteiger partial charge in [0.05, 0.1) is 18.4 Å². The van der Waals surface area contributed by atoms with Crippen molar-refractivity contribution < 1.29 is 9.90 Å². The summed E-state index contributed by atoms with van der Waals surface area (Å²) in [6.07, 6.45) is 3.30. The molecule has 0 radical (unpaired) electrons. The van der Waals surface area contributed by atoms with E-state index in [1.807, 2.05) is 18.2 Å². The molecule has 126 valence electrons. The van der Waals surface area contributed by atoms with Crippen LogP contribution in [0, 0.1) is 0 Å². The van der Waals surface area contributed by atoms with Crippen LogP contribution in [-0.2, 0) is 13.1 Å². The van der Waals surface area contributed by atoms with Crippen LogP contribution in [-0.4, -0.2) is 45.3 Å². The average Bonchev–Trinajstić information content (AvgIpc) is 3.24. The molecular weight excluding hydrogens is 306 g/mol. The summed E-state index contributed by atoms with van der Waals surface area (Å²) in [5.74, 6) is 0.900. The number of anilines is 2. The van der Waals surface area contributed by atoms with Gasteiger partial charge in [-0.25, -0.2) is 9.78 Å². The van der Waals surface area contributed by atoms with E-state index in [0.29, 0.717) is 19.6 Å². The van der Waals surface area contributed by atoms with Gasteiger partial charge in [-0.2, -0.15) is 0 Å². The second-order valence-electron chi connectivity index (χ2n) is 6.40. The fourth-order valence-corrected chi connectivity index (χ4v) is 3.62. The SMILES string of the molecule is Nc1ccc(-c2ncc3n2CCN(C(=O)O)C3)c(N2CCCC2)c1. The number of carbonyl (C=O) groups is 1. The largest absolute Gasteiger partial charge is 0.465 e. The maximum atomic E-state index is 11.2. The molecule has 1 amide bonds. The molecule has 0 saturated carbocycles. The number of nitrogens with two attached hydrogens (primary N) is 1. The molecule has 2 aliphatic rings. The predicted octanol–water partition coefficient (Wildman–Crippen LogP) is 2.23. The van der Waals surface area contributed by atoms with Crippen LogP contribution in [0.2, 0.25) is 0 Å². The number of aromatic nitrogens is 2. The van der Waals surface area contributed by atoms with Crippen LogP contribution in [0.5, 0.6) is 0 Å². The minimum Gasteiger partial charge on any atom is -0.465 e. The molecule has 0 atom stereocenters. The van der Waals surface area contributed by atoms with E-state index in [4.69, 9.17) is 5.73 Å². The average molecular weight is 327 g/mol. The Balaban J connectivity index is 1.74. The summed E-state index contributed by atoms with van der Waals surface area (Å²) in [4.78, 5) is 19.6. The van der Waals surface area contributed by atoms with E-state index in [0.717, 1.165) is 41.5 Å². The lowest BCUT2D eigenvalue weighted by Crippen LogP contribution is -2.37. The van der Waals surface area contributed by atoms with Gasteiger partial charge in [-0.05, 0) is 31.0 Å². The molecule has 0 aliphatic carbocycles. The molecular formula is C17H21N5O2. The molecule has 3 heterocycles. The predicted molar refractivity (Wildman–Crippen MR) is 92.0 cm³/mol. The molecule has 7 heteroatoms. The van der Waals surface area contributed by atoms with Crippen molar-refractivity contribution in [1.29, 1.82) is 0 Å². The van der Waals surface area contributed by atoms with Gasteiger partial charge in [-0.1, -0.05) is 0 Å². The number of amides is 1. The van der Waals surface area contributed by atoms with Gasteiger partial charge in [0.1, 0.15) is 5.82 Å². The Kier molecular flexibility index (Phi) is 3.55. The van der Waals surface area contributed by atoms with Gasteiger partial charge in [0.25, 0.3) is 0 Å². The highest BCUT2D eigenvalue weighted by molar-refractivity contribution is 5.78.